The summed E-state index contributed by atoms with van der Waals surface area (Å²) in [5.41, 5.74) is 29.1. The van der Waals surface area contributed by atoms with E-state index in [1.807, 2.05) is 0 Å². The van der Waals surface area contributed by atoms with Crippen LogP contribution >= 0.6 is 0 Å². The van der Waals surface area contributed by atoms with Crippen LogP contribution in [0.1, 0.15) is 126 Å². The highest BCUT2D eigenvalue weighted by Crippen LogP contribution is 2.12. The van der Waals surface area contributed by atoms with E-state index in [4.69, 9.17) is 28.7 Å². The molecule has 0 radical (unpaired) electrons. The van der Waals surface area contributed by atoms with Gasteiger partial charge in [0.1, 0.15) is 60.4 Å². The zero-order chi connectivity index (χ0) is 60.8. The average molecular weight is 1140 g/mol. The van der Waals surface area contributed by atoms with Gasteiger partial charge >= 0.3 is 0 Å². The highest BCUT2D eigenvalue weighted by atomic mass is 16.3. The van der Waals surface area contributed by atoms with E-state index in [1.54, 1.807) is 27.7 Å². The molecule has 0 aromatic heterocycles. The normalized spacial score (nSPS) is 23.4. The fourth-order valence-corrected chi connectivity index (χ4v) is 8.42. The molecule has 1 rings (SSSR count). The molecule has 1 aliphatic rings. The predicted octanol–water partition coefficient (Wildman–Crippen LogP) is -6.22. The second kappa shape index (κ2) is 37.8. The van der Waals surface area contributed by atoms with Gasteiger partial charge in [-0.25, -0.2) is 0 Å². The van der Waals surface area contributed by atoms with Gasteiger partial charge in [0, 0.05) is 13.0 Å². The van der Waals surface area contributed by atoms with Crippen molar-refractivity contribution in [3.05, 3.63) is 0 Å². The van der Waals surface area contributed by atoms with E-state index in [0.29, 0.717) is 12.3 Å². The Labute approximate surface area is 469 Å². The Balaban J connectivity index is 3.81. The third-order valence-electron chi connectivity index (χ3n) is 13.0. The molecule has 1 saturated heterocycles. The number of aliphatic hydroxyl groups excluding tert-OH is 2. The Hall–Kier alpha value is -6.11. The highest BCUT2D eigenvalue weighted by Gasteiger charge is 2.38. The molecule has 29 nitrogen and oxygen atoms in total. The number of rotatable bonds is 27. The van der Waals surface area contributed by atoms with Gasteiger partial charge in [0.05, 0.1) is 12.2 Å². The summed E-state index contributed by atoms with van der Waals surface area (Å²) in [6, 6.07) is -14.5. The molecule has 0 aliphatic carbocycles. The van der Waals surface area contributed by atoms with Crippen molar-refractivity contribution in [1.82, 2.24) is 58.5 Å². The summed E-state index contributed by atoms with van der Waals surface area (Å²) in [5, 5.41) is 49.3. The maximum Gasteiger partial charge on any atom is 0.245 e. The van der Waals surface area contributed by atoms with Crippen LogP contribution in [0.4, 0.5) is 0 Å². The number of carbonyl (C=O) groups excluding carboxylic acids is 11. The predicted molar refractivity (Wildman–Crippen MR) is 296 cm³/mol. The van der Waals surface area contributed by atoms with E-state index in [9.17, 15) is 63.0 Å². The van der Waals surface area contributed by atoms with Crippen LogP contribution in [0.25, 0.3) is 0 Å². The first-order chi connectivity index (χ1) is 37.6. The Kier molecular flexibility index (Phi) is 33.9. The van der Waals surface area contributed by atoms with Gasteiger partial charge in [-0.3, -0.25) is 52.7 Å². The van der Waals surface area contributed by atoms with Crippen LogP contribution in [0.15, 0.2) is 0 Å². The first kappa shape index (κ1) is 71.9. The Morgan fingerprint density at radius 2 is 0.988 bits per heavy atom. The van der Waals surface area contributed by atoms with Crippen LogP contribution in [0.2, 0.25) is 0 Å². The molecule has 0 aromatic carbocycles. The second-order valence-corrected chi connectivity index (χ2v) is 21.4. The van der Waals surface area contributed by atoms with Gasteiger partial charge in [-0.1, -0.05) is 54.4 Å². The number of carbonyl (C=O) groups is 11. The minimum Gasteiger partial charge on any atom is -0.391 e. The largest absolute Gasteiger partial charge is 0.391 e. The second-order valence-electron chi connectivity index (χ2n) is 21.4. The molecule has 29 heteroatoms. The minimum absolute atomic E-state index is 0.0141. The molecule has 23 N–H and O–H groups in total. The maximum atomic E-state index is 14.4. The molecule has 458 valence electrons. The van der Waals surface area contributed by atoms with Crippen molar-refractivity contribution in [2.45, 2.75) is 199 Å². The van der Waals surface area contributed by atoms with Crippen molar-refractivity contribution in [3.63, 3.8) is 0 Å². The standard InChI is InChI=1S/C51H96N16O13/c1-26(2)11-9-10-12-38(70)58-31(13-19-52)46(75)67-41(30(8)69)51(80)63-34(16-22-55)43(72)61-36-18-24-57-49(78)40(29(7)68)66-47(76)35(17-23-56)60-42(71)33(15-21-54)62-50(79)39(28(5)6)65-48(77)37(25-27(3)4)64-44(73)32(14-20-53)59-45(36)74/h26-37,39-41,68-69H,9-25,52-56H2,1-8H3,(H,57,78)(H,58,70)(H,59,74)(H,60,71)(H,61,72)(H,62,79)(H,63,80)(H,64,73)(H,65,77)(H,66,76)(H,67,75). The average Bonchev–Trinajstić information content (AvgIpc) is 3.37. The smallest absolute Gasteiger partial charge is 0.245 e. The van der Waals surface area contributed by atoms with Crippen molar-refractivity contribution < 1.29 is 63.0 Å². The van der Waals surface area contributed by atoms with Gasteiger partial charge in [-0.15, -0.1) is 0 Å². The number of hydrogen-bond donors (Lipinski definition) is 18. The van der Waals surface area contributed by atoms with E-state index in [0.717, 1.165) is 12.8 Å². The van der Waals surface area contributed by atoms with Crippen LogP contribution in [0.3, 0.4) is 0 Å². The summed E-state index contributed by atoms with van der Waals surface area (Å²) in [4.78, 5) is 152. The first-order valence-corrected chi connectivity index (χ1v) is 27.8. The Bertz CT molecular complexity index is 2030. The van der Waals surface area contributed by atoms with Crippen LogP contribution in [0.5, 0.6) is 0 Å². The molecule has 1 heterocycles. The molecule has 0 saturated carbocycles. The van der Waals surface area contributed by atoms with E-state index >= 15 is 0 Å². The van der Waals surface area contributed by atoms with Crippen LogP contribution < -0.4 is 87.2 Å². The molecule has 0 spiro atoms. The van der Waals surface area contributed by atoms with Gasteiger partial charge < -0.3 is 97.4 Å². The monoisotopic (exact) mass is 1140 g/mol. The topological polar surface area (TPSA) is 491 Å². The van der Waals surface area contributed by atoms with E-state index < -0.39 is 156 Å². The number of aliphatic hydroxyl groups is 2. The number of nitrogens with one attached hydrogen (secondary N) is 11. The van der Waals surface area contributed by atoms with Gasteiger partial charge in [-0.2, -0.15) is 0 Å². The van der Waals surface area contributed by atoms with E-state index in [-0.39, 0.29) is 83.6 Å². The van der Waals surface area contributed by atoms with Crippen LogP contribution in [-0.4, -0.2) is 187 Å². The summed E-state index contributed by atoms with van der Waals surface area (Å²) in [6.07, 6.45) is -1.89. The Morgan fingerprint density at radius 1 is 0.512 bits per heavy atom. The highest BCUT2D eigenvalue weighted by molar-refractivity contribution is 5.99. The van der Waals surface area contributed by atoms with Crippen molar-refractivity contribution in [2.75, 3.05) is 39.3 Å². The van der Waals surface area contributed by atoms with Crippen molar-refractivity contribution >= 4 is 65.0 Å². The number of unbranched alkanes of at least 4 members (excludes halogenated alkanes) is 1. The molecular weight excluding hydrogens is 1040 g/mol. The lowest BCUT2D eigenvalue weighted by Crippen LogP contribution is -2.62. The summed E-state index contributed by atoms with van der Waals surface area (Å²) in [6.45, 7) is 12.2. The fraction of sp³-hybridized carbons (Fsp3) is 0.784. The first-order valence-electron chi connectivity index (χ1n) is 27.8. The van der Waals surface area contributed by atoms with Crippen LogP contribution in [-0.2, 0) is 52.7 Å². The molecular formula is C51H96N16O13. The lowest BCUT2D eigenvalue weighted by Gasteiger charge is -2.29. The zero-order valence-electron chi connectivity index (χ0n) is 48.0. The minimum atomic E-state index is -1.69. The summed E-state index contributed by atoms with van der Waals surface area (Å²) >= 11 is 0. The third-order valence-corrected chi connectivity index (χ3v) is 13.0. The maximum absolute atomic E-state index is 14.4. The SMILES string of the molecule is CC(C)CCCCC(=O)NC(CCN)C(=O)NC(C(=O)NC(CCN)C(=O)NC1CCNC(=O)C(C(C)O)NC(=O)C(CCN)NC(=O)C(CCN)NC(=O)C(C(C)C)NC(=O)C(CC(C)C)NC(=O)C(CCN)NC1=O)C(C)O. The Morgan fingerprint density at radius 3 is 1.46 bits per heavy atom. The summed E-state index contributed by atoms with van der Waals surface area (Å²) < 4.78 is 0. The lowest BCUT2D eigenvalue weighted by molar-refractivity contribution is -0.137. The number of nitrogens with two attached hydrogens (primary N) is 5. The third kappa shape index (κ3) is 26.0. The molecule has 12 atom stereocenters. The summed E-state index contributed by atoms with van der Waals surface area (Å²) in [5.74, 6) is -10.00. The van der Waals surface area contributed by atoms with E-state index in [2.05, 4.69) is 72.3 Å². The van der Waals surface area contributed by atoms with Gasteiger partial charge in [-0.05, 0) is 116 Å². The van der Waals surface area contributed by atoms with E-state index in [1.165, 1.54) is 13.8 Å². The van der Waals surface area contributed by atoms with Crippen molar-refractivity contribution in [3.8, 4) is 0 Å². The zero-order valence-corrected chi connectivity index (χ0v) is 48.0. The fourth-order valence-electron chi connectivity index (χ4n) is 8.42. The summed E-state index contributed by atoms with van der Waals surface area (Å²) in [7, 11) is 0. The molecule has 0 aromatic rings. The number of amides is 11. The molecule has 11 amide bonds. The van der Waals surface area contributed by atoms with Crippen LogP contribution in [0, 0.1) is 17.8 Å². The molecule has 1 fully saturated rings. The van der Waals surface area contributed by atoms with Crippen molar-refractivity contribution in [2.24, 2.45) is 46.4 Å². The van der Waals surface area contributed by atoms with Gasteiger partial charge in [0.2, 0.25) is 65.0 Å². The molecule has 0 bridgehead atoms. The molecule has 80 heavy (non-hydrogen) atoms. The van der Waals surface area contributed by atoms with Gasteiger partial charge in [0.25, 0.3) is 0 Å². The quantitative estimate of drug-likeness (QED) is 0.0340. The lowest BCUT2D eigenvalue weighted by atomic mass is 9.99. The van der Waals surface area contributed by atoms with Gasteiger partial charge in [0.15, 0.2) is 0 Å². The molecule has 12 unspecified atom stereocenters. The molecule has 1 aliphatic heterocycles. The van der Waals surface area contributed by atoms with Crippen molar-refractivity contribution in [1.29, 1.82) is 0 Å². The number of hydrogen-bond acceptors (Lipinski definition) is 18.